The number of rotatable bonds is 3. The van der Waals surface area contributed by atoms with Crippen LogP contribution in [0.3, 0.4) is 0 Å². The van der Waals surface area contributed by atoms with E-state index in [1.165, 1.54) is 6.26 Å². The molecule has 68 valence electrons. The molecule has 0 aliphatic rings. The largest absolute Gasteiger partial charge is 0.465 e. The quantitative estimate of drug-likeness (QED) is 0.303. The van der Waals surface area contributed by atoms with Gasteiger partial charge in [-0.05, 0) is 19.1 Å². The second-order valence-electron chi connectivity index (χ2n) is 2.34. The van der Waals surface area contributed by atoms with Crippen molar-refractivity contribution in [3.05, 3.63) is 29.7 Å². The molecule has 1 aromatic heterocycles. The molecule has 0 amide bonds. The lowest BCUT2D eigenvalue weighted by atomic mass is 10.3. The highest BCUT2D eigenvalue weighted by atomic mass is 16.5. The zero-order valence-corrected chi connectivity index (χ0v) is 7.01. The monoisotopic (exact) mass is 180 g/mol. The van der Waals surface area contributed by atoms with Crippen LogP contribution in [0.5, 0.6) is 0 Å². The third-order valence-corrected chi connectivity index (χ3v) is 1.40. The minimum absolute atomic E-state index is 0.486. The molecule has 5 nitrogen and oxygen atoms in total. The van der Waals surface area contributed by atoms with Crippen LogP contribution in [0.4, 0.5) is 0 Å². The summed E-state index contributed by atoms with van der Waals surface area (Å²) >= 11 is 0. The number of hydrogen-bond donors (Lipinski definition) is 0. The highest BCUT2D eigenvalue weighted by Gasteiger charge is 2.14. The minimum Gasteiger partial charge on any atom is -0.465 e. The second-order valence-corrected chi connectivity index (χ2v) is 2.34. The molecule has 1 aromatic rings. The van der Waals surface area contributed by atoms with Gasteiger partial charge in [0, 0.05) is 0 Å². The normalized spacial score (nSPS) is 11.5. The summed E-state index contributed by atoms with van der Waals surface area (Å²) in [6, 6.07) is 3.38. The van der Waals surface area contributed by atoms with Gasteiger partial charge in [-0.25, -0.2) is 4.79 Å². The smallest absolute Gasteiger partial charge is 0.414 e. The summed E-state index contributed by atoms with van der Waals surface area (Å²) in [6.45, 7) is 1.65. The Kier molecular flexibility index (Phi) is 3.00. The fraction of sp³-hybridized carbons (Fsp3) is 0.250. The van der Waals surface area contributed by atoms with Gasteiger partial charge in [0.1, 0.15) is 5.76 Å². The van der Waals surface area contributed by atoms with Gasteiger partial charge < -0.3 is 14.7 Å². The third kappa shape index (κ3) is 2.57. The minimum atomic E-state index is -0.716. The molecule has 1 atom stereocenters. The van der Waals surface area contributed by atoms with Crippen LogP contribution in [0, 0.1) is 0 Å². The van der Waals surface area contributed by atoms with Gasteiger partial charge in [0.05, 0.1) is 6.26 Å². The summed E-state index contributed by atoms with van der Waals surface area (Å²) < 4.78 is 9.78. The molecule has 1 heterocycles. The molecule has 0 fully saturated rings. The van der Waals surface area contributed by atoms with Crippen LogP contribution < -0.4 is 0 Å². The Morgan fingerprint density at radius 3 is 3.15 bits per heavy atom. The zero-order chi connectivity index (χ0) is 9.68. The van der Waals surface area contributed by atoms with Crippen molar-refractivity contribution >= 4 is 12.2 Å². The van der Waals surface area contributed by atoms with Crippen LogP contribution in [0.2, 0.25) is 0 Å². The number of furan rings is 1. The maximum Gasteiger partial charge on any atom is 0.414 e. The summed E-state index contributed by atoms with van der Waals surface area (Å²) in [5, 5.41) is 0. The highest BCUT2D eigenvalue weighted by molar-refractivity contribution is 6.20. The van der Waals surface area contributed by atoms with Crippen molar-refractivity contribution < 1.29 is 18.7 Å². The Bertz CT molecular complexity index is 325. The summed E-state index contributed by atoms with van der Waals surface area (Å²) in [6.07, 6.45) is 1.68. The summed E-state index contributed by atoms with van der Waals surface area (Å²) in [7, 11) is 0. The molecule has 0 aromatic carbocycles. The standard InChI is InChI=1S/C8H8N2O3/c1-6(7-3-2-4-12-7)13-8(11)5-10-9/h2-6H,1H3/t6-/m1/s1. The average molecular weight is 180 g/mol. The molecule has 0 unspecified atom stereocenters. The molecule has 0 saturated carbocycles. The van der Waals surface area contributed by atoms with E-state index in [0.717, 1.165) is 0 Å². The Hall–Kier alpha value is -1.87. The first-order valence-corrected chi connectivity index (χ1v) is 3.65. The maximum atomic E-state index is 10.8. The zero-order valence-electron chi connectivity index (χ0n) is 7.01. The molecule has 0 spiro atoms. The number of esters is 1. The molecule has 0 aliphatic heterocycles. The highest BCUT2D eigenvalue weighted by Crippen LogP contribution is 2.16. The van der Waals surface area contributed by atoms with Gasteiger partial charge in [0.25, 0.3) is 0 Å². The van der Waals surface area contributed by atoms with E-state index >= 15 is 0 Å². The van der Waals surface area contributed by atoms with Crippen molar-refractivity contribution in [1.29, 1.82) is 0 Å². The fourth-order valence-electron chi connectivity index (χ4n) is 0.832. The molecule has 0 bridgehead atoms. The molecule has 0 saturated heterocycles. The second kappa shape index (κ2) is 4.23. The Morgan fingerprint density at radius 1 is 1.85 bits per heavy atom. The lowest BCUT2D eigenvalue weighted by molar-refractivity contribution is -0.144. The molecule has 1 rings (SSSR count). The third-order valence-electron chi connectivity index (χ3n) is 1.40. The van der Waals surface area contributed by atoms with Crippen molar-refractivity contribution in [2.24, 2.45) is 0 Å². The lowest BCUT2D eigenvalue weighted by Gasteiger charge is -2.05. The van der Waals surface area contributed by atoms with Gasteiger partial charge in [-0.2, -0.15) is 4.79 Å². The molecule has 5 heteroatoms. The van der Waals surface area contributed by atoms with Crippen LogP contribution in [-0.2, 0) is 9.53 Å². The van der Waals surface area contributed by atoms with Crippen molar-refractivity contribution in [3.8, 4) is 0 Å². The van der Waals surface area contributed by atoms with Gasteiger partial charge >= 0.3 is 12.2 Å². The van der Waals surface area contributed by atoms with Gasteiger partial charge in [0.2, 0.25) is 0 Å². The summed E-state index contributed by atoms with van der Waals surface area (Å²) in [5.41, 5.74) is 8.03. The first kappa shape index (κ1) is 9.22. The molecular weight excluding hydrogens is 172 g/mol. The topological polar surface area (TPSA) is 75.8 Å². The first-order valence-electron chi connectivity index (χ1n) is 3.65. The molecule has 0 radical (unpaired) electrons. The van der Waals surface area contributed by atoms with E-state index in [1.807, 2.05) is 0 Å². The van der Waals surface area contributed by atoms with Crippen LogP contribution in [0.25, 0.3) is 5.53 Å². The van der Waals surface area contributed by atoms with Crippen molar-refractivity contribution in [3.63, 3.8) is 0 Å². The number of carbonyl (C=O) groups is 1. The van der Waals surface area contributed by atoms with Crippen LogP contribution in [-0.4, -0.2) is 17.0 Å². The van der Waals surface area contributed by atoms with Crippen LogP contribution >= 0.6 is 0 Å². The number of ether oxygens (including phenoxy) is 1. The summed E-state index contributed by atoms with van der Waals surface area (Å²) in [5.74, 6) is -0.175. The Balaban J connectivity index is 2.56. The molecule has 0 N–H and O–H groups in total. The van der Waals surface area contributed by atoms with E-state index in [4.69, 9.17) is 14.7 Å². The van der Waals surface area contributed by atoms with Crippen LogP contribution in [0.1, 0.15) is 18.8 Å². The van der Waals surface area contributed by atoms with Crippen molar-refractivity contribution in [2.75, 3.05) is 0 Å². The fourth-order valence-corrected chi connectivity index (χ4v) is 0.832. The number of nitrogens with zero attached hydrogens (tertiary/aromatic N) is 2. The Labute approximate surface area is 74.5 Å². The number of carbonyl (C=O) groups excluding carboxylic acids is 1. The predicted molar refractivity (Wildman–Crippen MR) is 42.9 cm³/mol. The van der Waals surface area contributed by atoms with Gasteiger partial charge in [-0.1, -0.05) is 0 Å². The van der Waals surface area contributed by atoms with E-state index < -0.39 is 12.1 Å². The van der Waals surface area contributed by atoms with Crippen LogP contribution in [0.15, 0.2) is 22.8 Å². The maximum absolute atomic E-state index is 10.8. The summed E-state index contributed by atoms with van der Waals surface area (Å²) in [4.78, 5) is 13.3. The Morgan fingerprint density at radius 2 is 2.62 bits per heavy atom. The van der Waals surface area contributed by atoms with Crippen molar-refractivity contribution in [1.82, 2.24) is 0 Å². The average Bonchev–Trinajstić information content (AvgIpc) is 2.55. The van der Waals surface area contributed by atoms with E-state index in [9.17, 15) is 4.79 Å². The van der Waals surface area contributed by atoms with Gasteiger partial charge in [0.15, 0.2) is 6.10 Å². The molecule has 13 heavy (non-hydrogen) atoms. The molecular formula is C8H8N2O3. The predicted octanol–water partition coefficient (Wildman–Crippen LogP) is 1.18. The van der Waals surface area contributed by atoms with E-state index in [1.54, 1.807) is 19.1 Å². The van der Waals surface area contributed by atoms with Crippen molar-refractivity contribution in [2.45, 2.75) is 13.0 Å². The molecule has 0 aliphatic carbocycles. The SMILES string of the molecule is C[C@@H](OC(=O)C=[N+]=[N-])c1ccco1. The van der Waals surface area contributed by atoms with Gasteiger partial charge in [-0.15, -0.1) is 0 Å². The van der Waals surface area contributed by atoms with E-state index in [0.29, 0.717) is 12.0 Å². The van der Waals surface area contributed by atoms with E-state index in [2.05, 4.69) is 4.79 Å². The number of hydrogen-bond acceptors (Lipinski definition) is 3. The van der Waals surface area contributed by atoms with E-state index in [-0.39, 0.29) is 0 Å². The lowest BCUT2D eigenvalue weighted by Crippen LogP contribution is -2.09. The van der Waals surface area contributed by atoms with Gasteiger partial charge in [-0.3, -0.25) is 0 Å². The first-order chi connectivity index (χ1) is 6.24.